The predicted molar refractivity (Wildman–Crippen MR) is 80.7 cm³/mol. The van der Waals surface area contributed by atoms with Gasteiger partial charge in [0.25, 0.3) is 0 Å². The van der Waals surface area contributed by atoms with Crippen LogP contribution in [0.15, 0.2) is 18.3 Å². The number of hydrogen-bond acceptors (Lipinski definition) is 4. The van der Waals surface area contributed by atoms with Gasteiger partial charge in [0.1, 0.15) is 0 Å². The average Bonchev–Trinajstić information content (AvgIpc) is 2.45. The van der Waals surface area contributed by atoms with E-state index in [9.17, 15) is 0 Å². The highest BCUT2D eigenvalue weighted by Gasteiger charge is 2.09. The monoisotopic (exact) mass is 265 g/mol. The summed E-state index contributed by atoms with van der Waals surface area (Å²) in [4.78, 5) is 6.74. The van der Waals surface area contributed by atoms with Crippen molar-refractivity contribution in [2.24, 2.45) is 0 Å². The Morgan fingerprint density at radius 1 is 1.32 bits per heavy atom. The summed E-state index contributed by atoms with van der Waals surface area (Å²) in [5.41, 5.74) is 2.25. The van der Waals surface area contributed by atoms with Gasteiger partial charge in [-0.2, -0.15) is 0 Å². The highest BCUT2D eigenvalue weighted by atomic mass is 16.5. The lowest BCUT2D eigenvalue weighted by atomic mass is 10.1. The zero-order valence-corrected chi connectivity index (χ0v) is 12.6. The van der Waals surface area contributed by atoms with Gasteiger partial charge in [-0.05, 0) is 32.0 Å². The molecule has 1 N–H and O–H groups in total. The van der Waals surface area contributed by atoms with Crippen LogP contribution in [0.5, 0.6) is 0 Å². The Labute approximate surface area is 117 Å². The molecule has 0 saturated heterocycles. The van der Waals surface area contributed by atoms with E-state index in [0.29, 0.717) is 6.04 Å². The molecule has 108 valence electrons. The van der Waals surface area contributed by atoms with Gasteiger partial charge in [-0.25, -0.2) is 0 Å². The van der Waals surface area contributed by atoms with Crippen LogP contribution >= 0.6 is 0 Å². The van der Waals surface area contributed by atoms with Crippen molar-refractivity contribution < 1.29 is 4.74 Å². The number of nitrogens with one attached hydrogen (secondary N) is 1. The van der Waals surface area contributed by atoms with E-state index in [1.807, 2.05) is 13.1 Å². The number of aromatic nitrogens is 1. The van der Waals surface area contributed by atoms with Crippen molar-refractivity contribution in [3.05, 3.63) is 24.0 Å². The van der Waals surface area contributed by atoms with Crippen LogP contribution < -0.4 is 10.2 Å². The van der Waals surface area contributed by atoms with Crippen LogP contribution in [-0.2, 0) is 4.74 Å². The minimum absolute atomic E-state index is 0.354. The number of likely N-dealkylation sites (N-methyl/N-ethyl adjacent to an activating group) is 1. The maximum atomic E-state index is 5.36. The SMILES string of the molecule is CCNC(CC)c1ccc(N(C)CCOCC)cn1. The summed E-state index contributed by atoms with van der Waals surface area (Å²) in [7, 11) is 2.07. The lowest BCUT2D eigenvalue weighted by molar-refractivity contribution is 0.154. The van der Waals surface area contributed by atoms with Gasteiger partial charge in [-0.3, -0.25) is 4.98 Å². The van der Waals surface area contributed by atoms with E-state index in [1.165, 1.54) is 0 Å². The van der Waals surface area contributed by atoms with Crippen LogP contribution in [0.25, 0.3) is 0 Å². The second kappa shape index (κ2) is 8.88. The van der Waals surface area contributed by atoms with Gasteiger partial charge in [0.2, 0.25) is 0 Å². The Kier molecular flexibility index (Phi) is 7.45. The third-order valence-electron chi connectivity index (χ3n) is 3.20. The van der Waals surface area contributed by atoms with Gasteiger partial charge in [0.05, 0.1) is 24.2 Å². The summed E-state index contributed by atoms with van der Waals surface area (Å²) < 4.78 is 5.36. The quantitative estimate of drug-likeness (QED) is 0.696. The fraction of sp³-hybridized carbons (Fsp3) is 0.667. The molecule has 1 heterocycles. The molecule has 1 rings (SSSR count). The van der Waals surface area contributed by atoms with Crippen molar-refractivity contribution >= 4 is 5.69 Å². The van der Waals surface area contributed by atoms with E-state index in [0.717, 1.165) is 44.1 Å². The molecule has 0 aromatic carbocycles. The highest BCUT2D eigenvalue weighted by Crippen LogP contribution is 2.17. The standard InChI is InChI=1S/C15H27N3O/c1-5-14(16-6-2)15-9-8-13(12-17-15)18(4)10-11-19-7-3/h8-9,12,14,16H,5-7,10-11H2,1-4H3. The third kappa shape index (κ3) is 5.17. The smallest absolute Gasteiger partial charge is 0.0641 e. The zero-order chi connectivity index (χ0) is 14.1. The molecule has 1 aromatic heterocycles. The minimum Gasteiger partial charge on any atom is -0.380 e. The van der Waals surface area contributed by atoms with Crippen molar-refractivity contribution in [3.8, 4) is 0 Å². The first-order chi connectivity index (χ1) is 9.22. The largest absolute Gasteiger partial charge is 0.380 e. The van der Waals surface area contributed by atoms with Crippen molar-refractivity contribution in [3.63, 3.8) is 0 Å². The predicted octanol–water partition coefficient (Wildman–Crippen LogP) is 2.61. The molecule has 0 bridgehead atoms. The van der Waals surface area contributed by atoms with Gasteiger partial charge in [0.15, 0.2) is 0 Å². The summed E-state index contributed by atoms with van der Waals surface area (Å²) in [6.07, 6.45) is 3.00. The van der Waals surface area contributed by atoms with E-state index in [-0.39, 0.29) is 0 Å². The Bertz CT molecular complexity index is 340. The summed E-state index contributed by atoms with van der Waals surface area (Å²) in [5, 5.41) is 3.44. The number of ether oxygens (including phenoxy) is 1. The van der Waals surface area contributed by atoms with Crippen molar-refractivity contribution in [1.29, 1.82) is 0 Å². The molecule has 0 aliphatic heterocycles. The summed E-state index contributed by atoms with van der Waals surface area (Å²) in [6.45, 7) is 9.70. The van der Waals surface area contributed by atoms with Gasteiger partial charge in [-0.1, -0.05) is 13.8 Å². The maximum Gasteiger partial charge on any atom is 0.0641 e. The molecule has 0 aliphatic rings. The van der Waals surface area contributed by atoms with Crippen molar-refractivity contribution in [1.82, 2.24) is 10.3 Å². The molecule has 0 radical (unpaired) electrons. The highest BCUT2D eigenvalue weighted by molar-refractivity contribution is 5.43. The average molecular weight is 265 g/mol. The molecule has 19 heavy (non-hydrogen) atoms. The van der Waals surface area contributed by atoms with Gasteiger partial charge in [0, 0.05) is 26.2 Å². The van der Waals surface area contributed by atoms with Gasteiger partial charge < -0.3 is 15.0 Å². The third-order valence-corrected chi connectivity index (χ3v) is 3.20. The molecule has 4 heteroatoms. The Morgan fingerprint density at radius 2 is 2.11 bits per heavy atom. The number of pyridine rings is 1. The minimum atomic E-state index is 0.354. The van der Waals surface area contributed by atoms with Crippen LogP contribution in [0.4, 0.5) is 5.69 Å². The number of nitrogens with zero attached hydrogens (tertiary/aromatic N) is 2. The van der Waals surface area contributed by atoms with E-state index < -0.39 is 0 Å². The second-order valence-electron chi connectivity index (χ2n) is 4.58. The summed E-state index contributed by atoms with van der Waals surface area (Å²) in [6, 6.07) is 4.60. The molecule has 1 unspecified atom stereocenters. The summed E-state index contributed by atoms with van der Waals surface area (Å²) in [5.74, 6) is 0. The van der Waals surface area contributed by atoms with E-state index in [2.05, 4.69) is 48.2 Å². The molecule has 0 amide bonds. The Balaban J connectivity index is 2.59. The Morgan fingerprint density at radius 3 is 2.63 bits per heavy atom. The molecule has 4 nitrogen and oxygen atoms in total. The van der Waals surface area contributed by atoms with Crippen LogP contribution in [0.3, 0.4) is 0 Å². The first-order valence-electron chi connectivity index (χ1n) is 7.21. The molecule has 0 aliphatic carbocycles. The number of hydrogen-bond donors (Lipinski definition) is 1. The zero-order valence-electron chi connectivity index (χ0n) is 12.6. The number of anilines is 1. The van der Waals surface area contributed by atoms with Gasteiger partial charge in [-0.15, -0.1) is 0 Å². The van der Waals surface area contributed by atoms with Crippen molar-refractivity contribution in [2.45, 2.75) is 33.2 Å². The molecule has 0 fully saturated rings. The summed E-state index contributed by atoms with van der Waals surface area (Å²) >= 11 is 0. The maximum absolute atomic E-state index is 5.36. The van der Waals surface area contributed by atoms with E-state index >= 15 is 0 Å². The molecule has 1 aromatic rings. The molecule has 1 atom stereocenters. The lowest BCUT2D eigenvalue weighted by Crippen LogP contribution is -2.24. The molecule has 0 spiro atoms. The normalized spacial score (nSPS) is 12.4. The number of rotatable bonds is 9. The topological polar surface area (TPSA) is 37.4 Å². The fourth-order valence-corrected chi connectivity index (χ4v) is 2.01. The van der Waals surface area contributed by atoms with Crippen LogP contribution in [0.1, 0.15) is 38.9 Å². The lowest BCUT2D eigenvalue weighted by Gasteiger charge is -2.20. The first kappa shape index (κ1) is 15.9. The first-order valence-corrected chi connectivity index (χ1v) is 7.21. The van der Waals surface area contributed by atoms with Crippen molar-refractivity contribution in [2.75, 3.05) is 38.3 Å². The van der Waals surface area contributed by atoms with Crippen LogP contribution in [0, 0.1) is 0 Å². The molecule has 0 saturated carbocycles. The van der Waals surface area contributed by atoms with E-state index in [1.54, 1.807) is 0 Å². The van der Waals surface area contributed by atoms with Crippen LogP contribution in [-0.4, -0.2) is 38.3 Å². The molecular weight excluding hydrogens is 238 g/mol. The fourth-order valence-electron chi connectivity index (χ4n) is 2.01. The van der Waals surface area contributed by atoms with Gasteiger partial charge >= 0.3 is 0 Å². The second-order valence-corrected chi connectivity index (χ2v) is 4.58. The van der Waals surface area contributed by atoms with Crippen LogP contribution in [0.2, 0.25) is 0 Å². The van der Waals surface area contributed by atoms with E-state index in [4.69, 9.17) is 4.74 Å². The Hall–Kier alpha value is -1.13. The molecular formula is C15H27N3O.